The third-order valence-electron chi connectivity index (χ3n) is 4.90. The Kier molecular flexibility index (Phi) is 6.76. The van der Waals surface area contributed by atoms with Gasteiger partial charge >= 0.3 is 5.69 Å². The number of nitrogens with zero attached hydrogens (tertiary/aromatic N) is 5. The molecule has 9 heteroatoms. The van der Waals surface area contributed by atoms with Crippen LogP contribution in [0.2, 0.25) is 0 Å². The van der Waals surface area contributed by atoms with Gasteiger partial charge in [-0.1, -0.05) is 13.0 Å². The normalized spacial score (nSPS) is 11.6. The molecule has 1 heterocycles. The van der Waals surface area contributed by atoms with Gasteiger partial charge in [-0.25, -0.2) is 9.18 Å². The standard InChI is InChI=1S/C22H24FN5O3/c1-4-20(24-26(3)17-8-6-7-16(23)11-17)19-12-18(10-9-15(19)13-29)28-22(31)27(5-2)21(14-30)25-28/h6-13,30H,4-5,14H2,1-3H3/b24-20-. The van der Waals surface area contributed by atoms with E-state index in [9.17, 15) is 19.1 Å². The molecule has 3 rings (SSSR count). The second-order valence-electron chi connectivity index (χ2n) is 6.81. The monoisotopic (exact) mass is 425 g/mol. The third kappa shape index (κ3) is 4.46. The molecule has 2 aromatic carbocycles. The zero-order valence-electron chi connectivity index (χ0n) is 17.6. The minimum absolute atomic E-state index is 0.253. The number of benzene rings is 2. The first-order chi connectivity index (χ1) is 14.9. The van der Waals surface area contributed by atoms with E-state index in [1.807, 2.05) is 6.92 Å². The molecule has 0 spiro atoms. The number of aliphatic hydroxyl groups excluding tert-OH is 1. The van der Waals surface area contributed by atoms with Crippen molar-refractivity contribution in [2.24, 2.45) is 5.10 Å². The SMILES string of the molecule is CC/C(=N/N(C)c1cccc(F)c1)c1cc(-n2nc(CO)n(CC)c2=O)ccc1C=O. The van der Waals surface area contributed by atoms with Gasteiger partial charge < -0.3 is 5.11 Å². The molecular weight excluding hydrogens is 401 g/mol. The summed E-state index contributed by atoms with van der Waals surface area (Å²) in [4.78, 5) is 24.4. The van der Waals surface area contributed by atoms with E-state index in [2.05, 4.69) is 10.2 Å². The molecule has 162 valence electrons. The van der Waals surface area contributed by atoms with Crippen molar-refractivity contribution in [3.05, 3.63) is 75.7 Å². The Labute approximate surface area is 178 Å². The topological polar surface area (TPSA) is 92.7 Å². The van der Waals surface area contributed by atoms with Crippen LogP contribution >= 0.6 is 0 Å². The van der Waals surface area contributed by atoms with E-state index in [0.29, 0.717) is 41.2 Å². The van der Waals surface area contributed by atoms with Crippen molar-refractivity contribution in [3.8, 4) is 5.69 Å². The zero-order valence-corrected chi connectivity index (χ0v) is 17.6. The lowest BCUT2D eigenvalue weighted by Crippen LogP contribution is -2.24. The van der Waals surface area contributed by atoms with Gasteiger partial charge in [-0.05, 0) is 49.7 Å². The number of anilines is 1. The molecule has 0 saturated carbocycles. The summed E-state index contributed by atoms with van der Waals surface area (Å²) < 4.78 is 16.1. The first kappa shape index (κ1) is 22.1. The highest BCUT2D eigenvalue weighted by molar-refractivity contribution is 6.06. The summed E-state index contributed by atoms with van der Waals surface area (Å²) in [5, 5.41) is 19.8. The van der Waals surface area contributed by atoms with Crippen LogP contribution in [0.3, 0.4) is 0 Å². The van der Waals surface area contributed by atoms with Crippen molar-refractivity contribution >= 4 is 17.7 Å². The molecule has 0 saturated heterocycles. The fourth-order valence-electron chi connectivity index (χ4n) is 3.30. The van der Waals surface area contributed by atoms with Crippen LogP contribution in [0.5, 0.6) is 0 Å². The molecule has 0 aliphatic carbocycles. The quantitative estimate of drug-likeness (QED) is 0.340. The molecule has 0 aliphatic rings. The van der Waals surface area contributed by atoms with Crippen molar-refractivity contribution in [2.75, 3.05) is 12.1 Å². The van der Waals surface area contributed by atoms with Crippen molar-refractivity contribution < 1.29 is 14.3 Å². The zero-order chi connectivity index (χ0) is 22.5. The number of rotatable bonds is 8. The summed E-state index contributed by atoms with van der Waals surface area (Å²) >= 11 is 0. The van der Waals surface area contributed by atoms with E-state index in [4.69, 9.17) is 0 Å². The van der Waals surface area contributed by atoms with Gasteiger partial charge in [-0.3, -0.25) is 14.4 Å². The number of carbonyl (C=O) groups is 1. The summed E-state index contributed by atoms with van der Waals surface area (Å²) in [6.45, 7) is 3.68. The smallest absolute Gasteiger partial charge is 0.350 e. The van der Waals surface area contributed by atoms with Gasteiger partial charge in [0.1, 0.15) is 12.4 Å². The van der Waals surface area contributed by atoms with Crippen LogP contribution < -0.4 is 10.7 Å². The van der Waals surface area contributed by atoms with Gasteiger partial charge in [0.05, 0.1) is 17.1 Å². The molecule has 3 aromatic rings. The van der Waals surface area contributed by atoms with Gasteiger partial charge in [-0.15, -0.1) is 5.10 Å². The molecule has 31 heavy (non-hydrogen) atoms. The highest BCUT2D eigenvalue weighted by Gasteiger charge is 2.16. The van der Waals surface area contributed by atoms with Crippen LogP contribution in [-0.2, 0) is 13.2 Å². The van der Waals surface area contributed by atoms with E-state index < -0.39 is 0 Å². The minimum atomic E-state index is -0.386. The third-order valence-corrected chi connectivity index (χ3v) is 4.90. The van der Waals surface area contributed by atoms with E-state index >= 15 is 0 Å². The fourth-order valence-corrected chi connectivity index (χ4v) is 3.30. The number of hydrogen-bond acceptors (Lipinski definition) is 6. The van der Waals surface area contributed by atoms with Crippen molar-refractivity contribution in [2.45, 2.75) is 33.4 Å². The largest absolute Gasteiger partial charge is 0.388 e. The number of aldehydes is 1. The lowest BCUT2D eigenvalue weighted by molar-refractivity contribution is 0.112. The van der Waals surface area contributed by atoms with E-state index in [1.165, 1.54) is 26.4 Å². The summed E-state index contributed by atoms with van der Waals surface area (Å²) in [6.07, 6.45) is 1.21. The summed E-state index contributed by atoms with van der Waals surface area (Å²) in [5.41, 5.74) is 2.15. The van der Waals surface area contributed by atoms with E-state index in [0.717, 1.165) is 6.29 Å². The molecule has 0 aliphatic heterocycles. The maximum atomic E-state index is 13.6. The first-order valence-corrected chi connectivity index (χ1v) is 9.89. The highest BCUT2D eigenvalue weighted by atomic mass is 19.1. The lowest BCUT2D eigenvalue weighted by Gasteiger charge is -2.17. The molecule has 8 nitrogen and oxygen atoms in total. The Morgan fingerprint density at radius 3 is 2.61 bits per heavy atom. The molecule has 0 bridgehead atoms. The van der Waals surface area contributed by atoms with Crippen LogP contribution in [0.4, 0.5) is 10.1 Å². The number of carbonyl (C=O) groups excluding carboxylic acids is 1. The van der Waals surface area contributed by atoms with Gasteiger partial charge in [-0.2, -0.15) is 9.78 Å². The highest BCUT2D eigenvalue weighted by Crippen LogP contribution is 2.19. The van der Waals surface area contributed by atoms with E-state index in [1.54, 1.807) is 44.3 Å². The molecule has 0 fully saturated rings. The second-order valence-corrected chi connectivity index (χ2v) is 6.81. The predicted molar refractivity (Wildman–Crippen MR) is 116 cm³/mol. The maximum Gasteiger partial charge on any atom is 0.350 e. The van der Waals surface area contributed by atoms with Crippen molar-refractivity contribution in [1.29, 1.82) is 0 Å². The molecular formula is C22H24FN5O3. The number of halogens is 1. The van der Waals surface area contributed by atoms with Gasteiger partial charge in [0.25, 0.3) is 0 Å². The van der Waals surface area contributed by atoms with Crippen molar-refractivity contribution in [3.63, 3.8) is 0 Å². The molecule has 0 radical (unpaired) electrons. The molecule has 1 aromatic heterocycles. The van der Waals surface area contributed by atoms with Crippen LogP contribution in [0.1, 0.15) is 42.0 Å². The van der Waals surface area contributed by atoms with E-state index in [-0.39, 0.29) is 23.9 Å². The van der Waals surface area contributed by atoms with Gasteiger partial charge in [0.15, 0.2) is 12.1 Å². The average Bonchev–Trinajstić information content (AvgIpc) is 3.12. The number of hydrogen-bond donors (Lipinski definition) is 1. The molecule has 0 atom stereocenters. The Bertz CT molecular complexity index is 1180. The van der Waals surface area contributed by atoms with Gasteiger partial charge in [0, 0.05) is 24.7 Å². The van der Waals surface area contributed by atoms with Crippen LogP contribution in [0.15, 0.2) is 52.4 Å². The summed E-state index contributed by atoms with van der Waals surface area (Å²) in [5.74, 6) is -0.123. The number of aromatic nitrogens is 3. The summed E-state index contributed by atoms with van der Waals surface area (Å²) in [6, 6.07) is 10.9. The van der Waals surface area contributed by atoms with Gasteiger partial charge in [0.2, 0.25) is 0 Å². The Balaban J connectivity index is 2.11. The average molecular weight is 425 g/mol. The Morgan fingerprint density at radius 2 is 2.03 bits per heavy atom. The first-order valence-electron chi connectivity index (χ1n) is 9.89. The second kappa shape index (κ2) is 9.48. The maximum absolute atomic E-state index is 13.6. The lowest BCUT2D eigenvalue weighted by atomic mass is 10.0. The van der Waals surface area contributed by atoms with Crippen LogP contribution in [0.25, 0.3) is 5.69 Å². The van der Waals surface area contributed by atoms with Crippen LogP contribution in [0, 0.1) is 5.82 Å². The summed E-state index contributed by atoms with van der Waals surface area (Å²) in [7, 11) is 1.69. The number of hydrazone groups is 1. The number of aliphatic hydroxyl groups is 1. The Hall–Kier alpha value is -3.59. The Morgan fingerprint density at radius 1 is 1.26 bits per heavy atom. The molecule has 0 amide bonds. The molecule has 1 N–H and O–H groups in total. The minimum Gasteiger partial charge on any atom is -0.388 e. The fraction of sp³-hybridized carbons (Fsp3) is 0.273. The van der Waals surface area contributed by atoms with Crippen LogP contribution in [-0.4, -0.2) is 38.5 Å². The van der Waals surface area contributed by atoms with Crippen molar-refractivity contribution in [1.82, 2.24) is 14.3 Å². The molecule has 0 unspecified atom stereocenters. The predicted octanol–water partition coefficient (Wildman–Crippen LogP) is 2.75.